The summed E-state index contributed by atoms with van der Waals surface area (Å²) in [5, 5.41) is 0.0275. The second kappa shape index (κ2) is 6.00. The molecule has 2 aromatic heterocycles. The number of anilines is 1. The molecule has 2 rings (SSSR count). The van der Waals surface area contributed by atoms with Gasteiger partial charge in [0.15, 0.2) is 10.8 Å². The number of imidazole rings is 1. The molecule has 0 amide bonds. The van der Waals surface area contributed by atoms with Crippen LogP contribution in [0.3, 0.4) is 0 Å². The van der Waals surface area contributed by atoms with E-state index in [9.17, 15) is 8.42 Å². The van der Waals surface area contributed by atoms with E-state index >= 15 is 0 Å². The van der Waals surface area contributed by atoms with E-state index in [1.165, 1.54) is 4.40 Å². The molecule has 8 heteroatoms. The Morgan fingerprint density at radius 3 is 2.67 bits per heavy atom. The number of aromatic nitrogens is 2. The van der Waals surface area contributed by atoms with Gasteiger partial charge in [-0.1, -0.05) is 26.8 Å². The van der Waals surface area contributed by atoms with Crippen molar-refractivity contribution in [1.29, 1.82) is 0 Å². The molecule has 0 fully saturated rings. The van der Waals surface area contributed by atoms with Crippen LogP contribution in [0.2, 0.25) is 0 Å². The van der Waals surface area contributed by atoms with E-state index in [-0.39, 0.29) is 22.8 Å². The summed E-state index contributed by atoms with van der Waals surface area (Å²) in [6.07, 6.45) is 2.35. The van der Waals surface area contributed by atoms with Crippen LogP contribution < -0.4 is 16.0 Å². The second-order valence-electron chi connectivity index (χ2n) is 5.22. The third-order valence-corrected chi connectivity index (χ3v) is 4.94. The summed E-state index contributed by atoms with van der Waals surface area (Å²) >= 11 is 0. The minimum atomic E-state index is -3.73. The topological polar surface area (TPSA) is 102 Å². The van der Waals surface area contributed by atoms with Crippen LogP contribution in [0.25, 0.3) is 5.65 Å². The third kappa shape index (κ3) is 3.02. The fourth-order valence-electron chi connectivity index (χ4n) is 2.27. The number of pyridine rings is 1. The van der Waals surface area contributed by atoms with Gasteiger partial charge in [-0.25, -0.2) is 24.0 Å². The van der Waals surface area contributed by atoms with Gasteiger partial charge < -0.3 is 5.43 Å². The summed E-state index contributed by atoms with van der Waals surface area (Å²) in [7, 11) is -3.73. The van der Waals surface area contributed by atoms with Crippen molar-refractivity contribution < 1.29 is 8.42 Å². The van der Waals surface area contributed by atoms with Crippen LogP contribution in [0.5, 0.6) is 0 Å². The van der Waals surface area contributed by atoms with Gasteiger partial charge in [-0.15, -0.1) is 0 Å². The third-order valence-electron chi connectivity index (χ3n) is 3.43. The lowest BCUT2D eigenvalue weighted by Gasteiger charge is -2.20. The van der Waals surface area contributed by atoms with E-state index in [4.69, 9.17) is 5.84 Å². The standard InChI is InChI=1S/C13H21N5O2S/c1-4-10(9(2)3)17-21(19,20)13-12(16-14)15-11-7-5-6-8-18(11)13/h5-10,16-17H,4,14H2,1-3H3. The molecule has 1 atom stereocenters. The average molecular weight is 311 g/mol. The molecule has 0 spiro atoms. The predicted molar refractivity (Wildman–Crippen MR) is 82.2 cm³/mol. The summed E-state index contributed by atoms with van der Waals surface area (Å²) in [6, 6.07) is 5.11. The Kier molecular flexibility index (Phi) is 4.50. The van der Waals surface area contributed by atoms with E-state index in [0.29, 0.717) is 12.1 Å². The van der Waals surface area contributed by atoms with E-state index in [1.807, 2.05) is 20.8 Å². The first-order chi connectivity index (χ1) is 9.90. The first-order valence-electron chi connectivity index (χ1n) is 6.86. The Morgan fingerprint density at radius 1 is 1.38 bits per heavy atom. The Hall–Kier alpha value is -1.64. The van der Waals surface area contributed by atoms with Crippen LogP contribution in [0.4, 0.5) is 5.82 Å². The van der Waals surface area contributed by atoms with E-state index in [1.54, 1.807) is 24.4 Å². The van der Waals surface area contributed by atoms with Crippen LogP contribution in [-0.2, 0) is 10.0 Å². The first kappa shape index (κ1) is 15.7. The van der Waals surface area contributed by atoms with E-state index in [0.717, 1.165) is 0 Å². The summed E-state index contributed by atoms with van der Waals surface area (Å²) in [6.45, 7) is 5.91. The molecule has 2 aromatic rings. The quantitative estimate of drug-likeness (QED) is 0.552. The first-order valence-corrected chi connectivity index (χ1v) is 8.35. The maximum atomic E-state index is 12.7. The van der Waals surface area contributed by atoms with Crippen LogP contribution in [0.15, 0.2) is 29.4 Å². The smallest absolute Gasteiger partial charge is 0.260 e. The fourth-order valence-corrected chi connectivity index (χ4v) is 3.99. The number of nitrogen functional groups attached to an aromatic ring is 1. The van der Waals surface area contributed by atoms with Crippen LogP contribution in [0, 0.1) is 5.92 Å². The second-order valence-corrected chi connectivity index (χ2v) is 6.85. The van der Waals surface area contributed by atoms with Gasteiger partial charge in [-0.3, -0.25) is 4.40 Å². The van der Waals surface area contributed by atoms with Gasteiger partial charge >= 0.3 is 0 Å². The molecule has 0 aliphatic carbocycles. The van der Waals surface area contributed by atoms with Gasteiger partial charge in [0.05, 0.1) is 0 Å². The molecule has 0 radical (unpaired) electrons. The number of nitrogens with zero attached hydrogens (tertiary/aromatic N) is 2. The Labute approximate surface area is 124 Å². The summed E-state index contributed by atoms with van der Waals surface area (Å²) < 4.78 is 29.6. The highest BCUT2D eigenvalue weighted by Crippen LogP contribution is 2.23. The molecular formula is C13H21N5O2S. The fraction of sp³-hybridized carbons (Fsp3) is 0.462. The van der Waals surface area contributed by atoms with Crippen LogP contribution in [0.1, 0.15) is 27.2 Å². The highest BCUT2D eigenvalue weighted by molar-refractivity contribution is 7.89. The normalized spacial score (nSPS) is 13.8. The molecular weight excluding hydrogens is 290 g/mol. The Morgan fingerprint density at radius 2 is 2.10 bits per heavy atom. The number of rotatable bonds is 6. The highest BCUT2D eigenvalue weighted by Gasteiger charge is 2.28. The van der Waals surface area contributed by atoms with Crippen LogP contribution in [-0.4, -0.2) is 23.8 Å². The monoisotopic (exact) mass is 311 g/mol. The number of nitrogens with two attached hydrogens (primary N) is 1. The van der Waals surface area contributed by atoms with Crippen molar-refractivity contribution in [1.82, 2.24) is 14.1 Å². The molecule has 21 heavy (non-hydrogen) atoms. The summed E-state index contributed by atoms with van der Waals surface area (Å²) in [5.74, 6) is 5.74. The molecule has 0 bridgehead atoms. The number of sulfonamides is 1. The number of hydrogen-bond acceptors (Lipinski definition) is 5. The molecule has 116 valence electrons. The van der Waals surface area contributed by atoms with Gasteiger partial charge in [0.1, 0.15) is 5.65 Å². The van der Waals surface area contributed by atoms with Gasteiger partial charge in [0.25, 0.3) is 10.0 Å². The van der Waals surface area contributed by atoms with Crippen molar-refractivity contribution >= 4 is 21.5 Å². The Bertz CT molecular complexity index is 723. The van der Waals surface area contributed by atoms with Gasteiger partial charge in [0, 0.05) is 12.2 Å². The zero-order valence-electron chi connectivity index (χ0n) is 12.4. The molecule has 2 heterocycles. The highest BCUT2D eigenvalue weighted by atomic mass is 32.2. The zero-order valence-corrected chi connectivity index (χ0v) is 13.2. The average Bonchev–Trinajstić information content (AvgIpc) is 2.83. The summed E-state index contributed by atoms with van der Waals surface area (Å²) in [5.41, 5.74) is 2.88. The van der Waals surface area contributed by atoms with E-state index in [2.05, 4.69) is 15.1 Å². The SMILES string of the molecule is CCC(NS(=O)(=O)c1c(NN)nc2ccccn12)C(C)C. The molecule has 1 unspecified atom stereocenters. The number of nitrogens with one attached hydrogen (secondary N) is 2. The Balaban J connectivity index is 2.53. The molecule has 0 saturated carbocycles. The van der Waals surface area contributed by atoms with Crippen molar-refractivity contribution in [2.24, 2.45) is 11.8 Å². The minimum Gasteiger partial charge on any atom is -0.306 e. The lowest BCUT2D eigenvalue weighted by atomic mass is 10.0. The molecule has 0 saturated heterocycles. The minimum absolute atomic E-state index is 0.0275. The maximum absolute atomic E-state index is 12.7. The van der Waals surface area contributed by atoms with Crippen molar-refractivity contribution in [3.05, 3.63) is 24.4 Å². The summed E-state index contributed by atoms with van der Waals surface area (Å²) in [4.78, 5) is 4.18. The molecule has 4 N–H and O–H groups in total. The van der Waals surface area contributed by atoms with Gasteiger partial charge in [-0.2, -0.15) is 0 Å². The number of fused-ring (bicyclic) bond motifs is 1. The largest absolute Gasteiger partial charge is 0.306 e. The van der Waals surface area contributed by atoms with Gasteiger partial charge in [0.2, 0.25) is 0 Å². The lowest BCUT2D eigenvalue weighted by Crippen LogP contribution is -2.38. The lowest BCUT2D eigenvalue weighted by molar-refractivity contribution is 0.436. The molecule has 7 nitrogen and oxygen atoms in total. The molecule has 0 aliphatic rings. The molecule has 0 aromatic carbocycles. The van der Waals surface area contributed by atoms with Crippen molar-refractivity contribution in [2.75, 3.05) is 5.43 Å². The van der Waals surface area contributed by atoms with Crippen molar-refractivity contribution in [2.45, 2.75) is 38.3 Å². The van der Waals surface area contributed by atoms with Gasteiger partial charge in [-0.05, 0) is 24.5 Å². The number of hydrogen-bond donors (Lipinski definition) is 3. The number of hydrazine groups is 1. The predicted octanol–water partition coefficient (Wildman–Crippen LogP) is 1.33. The van der Waals surface area contributed by atoms with Crippen molar-refractivity contribution in [3.8, 4) is 0 Å². The molecule has 0 aliphatic heterocycles. The van der Waals surface area contributed by atoms with E-state index < -0.39 is 10.0 Å². The van der Waals surface area contributed by atoms with Crippen LogP contribution >= 0.6 is 0 Å². The maximum Gasteiger partial charge on any atom is 0.260 e. The zero-order chi connectivity index (χ0) is 15.6. The van der Waals surface area contributed by atoms with Crippen molar-refractivity contribution in [3.63, 3.8) is 0 Å².